The molecule has 0 spiro atoms. The fourth-order valence-corrected chi connectivity index (χ4v) is 2.23. The maximum absolute atomic E-state index is 13.2. The van der Waals surface area contributed by atoms with Crippen molar-refractivity contribution in [3.8, 4) is 0 Å². The number of hydrogen-bond acceptors (Lipinski definition) is 2. The Morgan fingerprint density at radius 1 is 1.28 bits per heavy atom. The lowest BCUT2D eigenvalue weighted by molar-refractivity contribution is 0.0643. The van der Waals surface area contributed by atoms with E-state index in [1.165, 1.54) is 6.07 Å². The zero-order valence-corrected chi connectivity index (χ0v) is 10.9. The van der Waals surface area contributed by atoms with Crippen LogP contribution < -0.4 is 0 Å². The molecule has 1 fully saturated rings. The smallest absolute Gasteiger partial charge is 0.253 e. The molecule has 1 heterocycles. The Balaban J connectivity index is 2.05. The summed E-state index contributed by atoms with van der Waals surface area (Å²) in [5.41, 5.74) is 1.10. The highest BCUT2D eigenvalue weighted by Gasteiger charge is 2.21. The van der Waals surface area contributed by atoms with Gasteiger partial charge in [0, 0.05) is 31.7 Å². The molecule has 1 aliphatic heterocycles. The van der Waals surface area contributed by atoms with Gasteiger partial charge in [-0.3, -0.25) is 4.79 Å². The molecule has 1 amide bonds. The predicted octanol–water partition coefficient (Wildman–Crippen LogP) is 1.91. The highest BCUT2D eigenvalue weighted by atomic mass is 19.1. The number of benzene rings is 1. The first-order valence-electron chi connectivity index (χ1n) is 6.39. The highest BCUT2D eigenvalue weighted by Crippen LogP contribution is 2.13. The molecule has 0 atom stereocenters. The van der Waals surface area contributed by atoms with E-state index in [0.717, 1.165) is 32.7 Å². The Hall–Kier alpha value is -1.42. The molecule has 1 aromatic rings. The van der Waals surface area contributed by atoms with E-state index in [4.69, 9.17) is 0 Å². The van der Waals surface area contributed by atoms with Gasteiger partial charge in [0.05, 0.1) is 0 Å². The van der Waals surface area contributed by atoms with Crippen molar-refractivity contribution in [3.63, 3.8) is 0 Å². The minimum absolute atomic E-state index is 0.00820. The Bertz CT molecular complexity index is 439. The van der Waals surface area contributed by atoms with Crippen molar-refractivity contribution in [2.45, 2.75) is 13.8 Å². The second kappa shape index (κ2) is 5.48. The lowest BCUT2D eigenvalue weighted by atomic mass is 10.1. The minimum Gasteiger partial charge on any atom is -0.336 e. The number of amides is 1. The van der Waals surface area contributed by atoms with Crippen molar-refractivity contribution in [2.24, 2.45) is 0 Å². The summed E-state index contributed by atoms with van der Waals surface area (Å²) in [6.07, 6.45) is 0. The number of hydrogen-bond donors (Lipinski definition) is 0. The molecule has 0 aliphatic carbocycles. The maximum atomic E-state index is 13.2. The van der Waals surface area contributed by atoms with Crippen LogP contribution in [-0.4, -0.2) is 48.4 Å². The van der Waals surface area contributed by atoms with Crippen molar-refractivity contribution in [1.82, 2.24) is 9.80 Å². The number of carbonyl (C=O) groups excluding carboxylic acids is 1. The number of aryl methyl sites for hydroxylation is 1. The monoisotopic (exact) mass is 250 g/mol. The summed E-state index contributed by atoms with van der Waals surface area (Å²) in [5.74, 6) is -0.254. The first-order chi connectivity index (χ1) is 8.61. The van der Waals surface area contributed by atoms with Crippen LogP contribution in [0.4, 0.5) is 4.39 Å². The average molecular weight is 250 g/mol. The lowest BCUT2D eigenvalue weighted by Gasteiger charge is -2.34. The number of carbonyl (C=O) groups is 1. The van der Waals surface area contributed by atoms with Crippen LogP contribution in [0.5, 0.6) is 0 Å². The van der Waals surface area contributed by atoms with Crippen LogP contribution in [0.25, 0.3) is 0 Å². The molecule has 0 radical (unpaired) electrons. The molecule has 3 nitrogen and oxygen atoms in total. The molecule has 1 saturated heterocycles. The van der Waals surface area contributed by atoms with Crippen molar-refractivity contribution in [1.29, 1.82) is 0 Å². The molecule has 2 rings (SSSR count). The molecule has 0 aromatic heterocycles. The van der Waals surface area contributed by atoms with Crippen LogP contribution >= 0.6 is 0 Å². The minimum atomic E-state index is -0.262. The van der Waals surface area contributed by atoms with Crippen LogP contribution in [-0.2, 0) is 0 Å². The number of nitrogens with zero attached hydrogens (tertiary/aromatic N) is 2. The van der Waals surface area contributed by atoms with Gasteiger partial charge in [0.1, 0.15) is 5.82 Å². The fourth-order valence-electron chi connectivity index (χ4n) is 2.23. The lowest BCUT2D eigenvalue weighted by Crippen LogP contribution is -2.48. The first kappa shape index (κ1) is 13.0. The van der Waals surface area contributed by atoms with Gasteiger partial charge in [0.2, 0.25) is 0 Å². The zero-order chi connectivity index (χ0) is 13.1. The Labute approximate surface area is 107 Å². The fraction of sp³-hybridized carbons (Fsp3) is 0.500. The summed E-state index contributed by atoms with van der Waals surface area (Å²) in [4.78, 5) is 16.4. The zero-order valence-electron chi connectivity index (χ0n) is 10.9. The van der Waals surface area contributed by atoms with Gasteiger partial charge in [-0.1, -0.05) is 6.92 Å². The molecule has 0 bridgehead atoms. The third-order valence-electron chi connectivity index (χ3n) is 3.51. The molecule has 1 aromatic carbocycles. The van der Waals surface area contributed by atoms with E-state index < -0.39 is 0 Å². The van der Waals surface area contributed by atoms with Gasteiger partial charge in [-0.15, -0.1) is 0 Å². The van der Waals surface area contributed by atoms with E-state index >= 15 is 0 Å². The molecule has 0 unspecified atom stereocenters. The quantitative estimate of drug-likeness (QED) is 0.800. The largest absolute Gasteiger partial charge is 0.336 e. The third-order valence-corrected chi connectivity index (χ3v) is 3.51. The van der Waals surface area contributed by atoms with Crippen molar-refractivity contribution in [3.05, 3.63) is 35.1 Å². The topological polar surface area (TPSA) is 23.6 Å². The number of rotatable bonds is 2. The summed E-state index contributed by atoms with van der Waals surface area (Å²) >= 11 is 0. The predicted molar refractivity (Wildman–Crippen MR) is 69.2 cm³/mol. The molecule has 4 heteroatoms. The van der Waals surface area contributed by atoms with Crippen LogP contribution in [0.1, 0.15) is 22.8 Å². The van der Waals surface area contributed by atoms with E-state index in [2.05, 4.69) is 11.8 Å². The van der Waals surface area contributed by atoms with Gasteiger partial charge in [-0.05, 0) is 37.2 Å². The normalized spacial score (nSPS) is 16.9. The van der Waals surface area contributed by atoms with Crippen LogP contribution in [0, 0.1) is 12.7 Å². The molecule has 0 N–H and O–H groups in total. The number of likely N-dealkylation sites (N-methyl/N-ethyl adjacent to an activating group) is 1. The maximum Gasteiger partial charge on any atom is 0.253 e. The Kier molecular flexibility index (Phi) is 3.97. The van der Waals surface area contributed by atoms with Crippen molar-refractivity contribution < 1.29 is 9.18 Å². The molecular weight excluding hydrogens is 231 g/mol. The van der Waals surface area contributed by atoms with Gasteiger partial charge in [0.25, 0.3) is 5.91 Å². The highest BCUT2D eigenvalue weighted by molar-refractivity contribution is 5.94. The molecule has 98 valence electrons. The van der Waals surface area contributed by atoms with Gasteiger partial charge in [0.15, 0.2) is 0 Å². The van der Waals surface area contributed by atoms with Crippen molar-refractivity contribution >= 4 is 5.91 Å². The third kappa shape index (κ3) is 2.70. The Morgan fingerprint density at radius 3 is 2.50 bits per heavy atom. The van der Waals surface area contributed by atoms with E-state index in [0.29, 0.717) is 11.1 Å². The summed E-state index contributed by atoms with van der Waals surface area (Å²) in [7, 11) is 0. The van der Waals surface area contributed by atoms with Gasteiger partial charge in [-0.25, -0.2) is 4.39 Å². The number of halogens is 1. The number of piperazine rings is 1. The van der Waals surface area contributed by atoms with E-state index in [1.807, 2.05) is 4.90 Å². The standard InChI is InChI=1S/C14H19FN2O/c1-3-16-6-8-17(9-7-16)14(18)12-4-5-13(15)11(2)10-12/h4-5,10H,3,6-9H2,1-2H3. The van der Waals surface area contributed by atoms with Gasteiger partial charge >= 0.3 is 0 Å². The molecular formula is C14H19FN2O. The van der Waals surface area contributed by atoms with Crippen LogP contribution in [0.2, 0.25) is 0 Å². The van der Waals surface area contributed by atoms with E-state index in [9.17, 15) is 9.18 Å². The second-order valence-electron chi connectivity index (χ2n) is 4.69. The van der Waals surface area contributed by atoms with Gasteiger partial charge in [-0.2, -0.15) is 0 Å². The average Bonchev–Trinajstić information content (AvgIpc) is 2.41. The van der Waals surface area contributed by atoms with Crippen LogP contribution in [0.15, 0.2) is 18.2 Å². The molecule has 0 saturated carbocycles. The first-order valence-corrected chi connectivity index (χ1v) is 6.39. The van der Waals surface area contributed by atoms with E-state index in [1.54, 1.807) is 19.1 Å². The van der Waals surface area contributed by atoms with E-state index in [-0.39, 0.29) is 11.7 Å². The summed E-state index contributed by atoms with van der Waals surface area (Å²) in [6, 6.07) is 4.56. The summed E-state index contributed by atoms with van der Waals surface area (Å²) < 4.78 is 13.2. The molecule has 18 heavy (non-hydrogen) atoms. The van der Waals surface area contributed by atoms with Crippen LogP contribution in [0.3, 0.4) is 0 Å². The second-order valence-corrected chi connectivity index (χ2v) is 4.69. The summed E-state index contributed by atoms with van der Waals surface area (Å²) in [5, 5.41) is 0. The Morgan fingerprint density at radius 2 is 1.94 bits per heavy atom. The summed E-state index contributed by atoms with van der Waals surface area (Å²) in [6.45, 7) is 8.18. The van der Waals surface area contributed by atoms with Crippen molar-refractivity contribution in [2.75, 3.05) is 32.7 Å². The SMILES string of the molecule is CCN1CCN(C(=O)c2ccc(F)c(C)c2)CC1. The molecule has 1 aliphatic rings. The van der Waals surface area contributed by atoms with Gasteiger partial charge < -0.3 is 9.80 Å².